The second-order valence-electron chi connectivity index (χ2n) is 5.41. The van der Waals surface area contributed by atoms with E-state index in [4.69, 9.17) is 4.74 Å². The first-order valence-electron chi connectivity index (χ1n) is 6.58. The minimum absolute atomic E-state index is 0.125. The van der Waals surface area contributed by atoms with Crippen molar-refractivity contribution in [2.75, 3.05) is 4.43 Å². The van der Waals surface area contributed by atoms with Crippen LogP contribution in [0, 0.1) is 5.92 Å². The Hall–Kier alpha value is 0.390. The molecule has 0 heterocycles. The predicted molar refractivity (Wildman–Crippen MR) is 88.2 cm³/mol. The number of hydrogen-bond donors (Lipinski definition) is 0. The maximum Gasteiger partial charge on any atom is 0.0776 e. The van der Waals surface area contributed by atoms with Crippen molar-refractivity contribution < 1.29 is 4.74 Å². The molecule has 0 bridgehead atoms. The van der Waals surface area contributed by atoms with Crippen LogP contribution in [0.4, 0.5) is 0 Å². The van der Waals surface area contributed by atoms with E-state index in [1.807, 2.05) is 0 Å². The van der Waals surface area contributed by atoms with E-state index >= 15 is 0 Å². The summed E-state index contributed by atoms with van der Waals surface area (Å²) in [5.74, 6) is 0.873. The lowest BCUT2D eigenvalue weighted by Gasteiger charge is -2.38. The van der Waals surface area contributed by atoms with Gasteiger partial charge in [-0.2, -0.15) is 0 Å². The van der Waals surface area contributed by atoms with Crippen LogP contribution in [0.15, 0.2) is 28.7 Å². The van der Waals surface area contributed by atoms with Crippen LogP contribution in [0.1, 0.15) is 38.2 Å². The first-order chi connectivity index (χ1) is 8.63. The third kappa shape index (κ3) is 3.94. The molecule has 2 rings (SSSR count). The third-order valence-electron chi connectivity index (χ3n) is 3.89. The Morgan fingerprint density at radius 1 is 1.28 bits per heavy atom. The summed E-state index contributed by atoms with van der Waals surface area (Å²) in [7, 11) is 0. The zero-order valence-corrected chi connectivity index (χ0v) is 14.5. The summed E-state index contributed by atoms with van der Waals surface area (Å²) in [5, 5.41) is 0. The van der Waals surface area contributed by atoms with Crippen LogP contribution in [0.25, 0.3) is 0 Å². The lowest BCUT2D eigenvalue weighted by molar-refractivity contribution is -0.0675. The summed E-state index contributed by atoms with van der Waals surface area (Å²) in [4.78, 5) is 0. The molecule has 1 saturated carbocycles. The van der Waals surface area contributed by atoms with Crippen molar-refractivity contribution in [3.8, 4) is 0 Å². The molecule has 0 radical (unpaired) electrons. The van der Waals surface area contributed by atoms with Gasteiger partial charge in [0.25, 0.3) is 0 Å². The Kier molecular flexibility index (Phi) is 5.51. The van der Waals surface area contributed by atoms with Crippen molar-refractivity contribution >= 4 is 38.5 Å². The van der Waals surface area contributed by atoms with Gasteiger partial charge in [-0.25, -0.2) is 0 Å². The van der Waals surface area contributed by atoms with Gasteiger partial charge in [-0.15, -0.1) is 0 Å². The van der Waals surface area contributed by atoms with Crippen LogP contribution in [0.5, 0.6) is 0 Å². The molecule has 0 spiro atoms. The lowest BCUT2D eigenvalue weighted by Crippen LogP contribution is -2.38. The zero-order chi connectivity index (χ0) is 13.0. The molecule has 0 atom stereocenters. The highest BCUT2D eigenvalue weighted by molar-refractivity contribution is 14.1. The fourth-order valence-corrected chi connectivity index (χ4v) is 3.67. The van der Waals surface area contributed by atoms with Crippen LogP contribution in [-0.2, 0) is 11.3 Å². The van der Waals surface area contributed by atoms with E-state index in [-0.39, 0.29) is 5.60 Å². The Bertz CT molecular complexity index is 369. The highest BCUT2D eigenvalue weighted by Crippen LogP contribution is 2.36. The molecule has 1 fully saturated rings. The second-order valence-corrected chi connectivity index (χ2v) is 7.09. The highest BCUT2D eigenvalue weighted by Gasteiger charge is 2.33. The van der Waals surface area contributed by atoms with Gasteiger partial charge in [0.15, 0.2) is 0 Å². The number of halogens is 2. The maximum atomic E-state index is 6.27. The first-order valence-corrected chi connectivity index (χ1v) is 8.90. The Morgan fingerprint density at radius 2 is 1.89 bits per heavy atom. The topological polar surface area (TPSA) is 9.23 Å². The fraction of sp³-hybridized carbons (Fsp3) is 0.600. The number of alkyl halides is 1. The fourth-order valence-electron chi connectivity index (χ4n) is 2.42. The van der Waals surface area contributed by atoms with Crippen molar-refractivity contribution in [1.29, 1.82) is 0 Å². The SMILES string of the molecule is CC1CCC(CI)(OCc2ccc(Br)cc2)CC1. The van der Waals surface area contributed by atoms with E-state index in [2.05, 4.69) is 69.7 Å². The molecule has 18 heavy (non-hydrogen) atoms. The van der Waals surface area contributed by atoms with Crippen molar-refractivity contribution in [2.45, 2.75) is 44.8 Å². The molecule has 1 aliphatic carbocycles. The molecule has 0 aromatic heterocycles. The van der Waals surface area contributed by atoms with Gasteiger partial charge in [0.05, 0.1) is 12.2 Å². The van der Waals surface area contributed by atoms with Crippen LogP contribution < -0.4 is 0 Å². The van der Waals surface area contributed by atoms with Crippen molar-refractivity contribution in [3.63, 3.8) is 0 Å². The van der Waals surface area contributed by atoms with Crippen LogP contribution >= 0.6 is 38.5 Å². The van der Waals surface area contributed by atoms with E-state index in [0.29, 0.717) is 0 Å². The molecule has 100 valence electrons. The lowest BCUT2D eigenvalue weighted by atomic mass is 9.80. The zero-order valence-electron chi connectivity index (χ0n) is 10.8. The maximum absolute atomic E-state index is 6.27. The molecule has 0 amide bonds. The van der Waals surface area contributed by atoms with Gasteiger partial charge in [0.2, 0.25) is 0 Å². The van der Waals surface area contributed by atoms with E-state index in [1.165, 1.54) is 31.2 Å². The Balaban J connectivity index is 1.92. The summed E-state index contributed by atoms with van der Waals surface area (Å²) >= 11 is 5.94. The molecule has 1 aliphatic rings. The monoisotopic (exact) mass is 422 g/mol. The minimum Gasteiger partial charge on any atom is -0.370 e. The molecule has 1 aromatic rings. The Labute approximate surface area is 132 Å². The van der Waals surface area contributed by atoms with Gasteiger partial charge >= 0.3 is 0 Å². The van der Waals surface area contributed by atoms with Crippen molar-refractivity contribution in [3.05, 3.63) is 34.3 Å². The molecule has 0 N–H and O–H groups in total. The molecule has 1 nitrogen and oxygen atoms in total. The largest absolute Gasteiger partial charge is 0.370 e. The third-order valence-corrected chi connectivity index (χ3v) is 5.81. The average Bonchev–Trinajstić information content (AvgIpc) is 2.41. The average molecular weight is 423 g/mol. The molecular formula is C15H20BrIO. The van der Waals surface area contributed by atoms with Crippen molar-refractivity contribution in [2.24, 2.45) is 5.92 Å². The van der Waals surface area contributed by atoms with Crippen LogP contribution in [0.2, 0.25) is 0 Å². The van der Waals surface area contributed by atoms with Crippen molar-refractivity contribution in [1.82, 2.24) is 0 Å². The predicted octanol–water partition coefficient (Wildman–Crippen LogP) is 5.35. The van der Waals surface area contributed by atoms with Gasteiger partial charge in [0, 0.05) is 8.90 Å². The number of rotatable bonds is 4. The molecule has 0 aliphatic heterocycles. The molecule has 0 saturated heterocycles. The van der Waals surface area contributed by atoms with Gasteiger partial charge in [0.1, 0.15) is 0 Å². The molecule has 3 heteroatoms. The van der Waals surface area contributed by atoms with E-state index in [9.17, 15) is 0 Å². The number of hydrogen-bond acceptors (Lipinski definition) is 1. The molecular weight excluding hydrogens is 403 g/mol. The second kappa shape index (κ2) is 6.71. The summed E-state index contributed by atoms with van der Waals surface area (Å²) in [6.07, 6.45) is 5.05. The summed E-state index contributed by atoms with van der Waals surface area (Å²) in [6, 6.07) is 8.43. The summed E-state index contributed by atoms with van der Waals surface area (Å²) in [5.41, 5.74) is 1.39. The van der Waals surface area contributed by atoms with Gasteiger partial charge in [-0.3, -0.25) is 0 Å². The van der Waals surface area contributed by atoms with Crippen LogP contribution in [0.3, 0.4) is 0 Å². The van der Waals surface area contributed by atoms with Crippen LogP contribution in [-0.4, -0.2) is 10.0 Å². The molecule has 0 unspecified atom stereocenters. The quantitative estimate of drug-likeness (QED) is 0.469. The molecule has 1 aromatic carbocycles. The number of ether oxygens (including phenoxy) is 1. The van der Waals surface area contributed by atoms with Gasteiger partial charge < -0.3 is 4.74 Å². The van der Waals surface area contributed by atoms with E-state index < -0.39 is 0 Å². The standard InChI is InChI=1S/C15H20BrIO/c1-12-6-8-15(11-17,9-7-12)18-10-13-2-4-14(16)5-3-13/h2-5,12H,6-11H2,1H3. The highest BCUT2D eigenvalue weighted by atomic mass is 127. The Morgan fingerprint density at radius 3 is 2.44 bits per heavy atom. The van der Waals surface area contributed by atoms with Gasteiger partial charge in [-0.05, 0) is 49.3 Å². The normalized spacial score (nSPS) is 28.3. The number of benzene rings is 1. The summed E-state index contributed by atoms with van der Waals surface area (Å²) in [6.45, 7) is 3.09. The van der Waals surface area contributed by atoms with E-state index in [0.717, 1.165) is 21.4 Å². The smallest absolute Gasteiger partial charge is 0.0776 e. The first kappa shape index (κ1) is 14.8. The minimum atomic E-state index is 0.125. The van der Waals surface area contributed by atoms with Gasteiger partial charge in [-0.1, -0.05) is 57.6 Å². The van der Waals surface area contributed by atoms with E-state index in [1.54, 1.807) is 0 Å². The summed E-state index contributed by atoms with van der Waals surface area (Å²) < 4.78 is 8.50.